The average molecular weight is 386 g/mol. The van der Waals surface area contributed by atoms with E-state index in [2.05, 4.69) is 23.1 Å². The lowest BCUT2D eigenvalue weighted by atomic mass is 9.90. The molecule has 0 amide bonds. The van der Waals surface area contributed by atoms with Crippen LogP contribution in [0.3, 0.4) is 0 Å². The van der Waals surface area contributed by atoms with E-state index in [1.165, 1.54) is 23.2 Å². The SMILES string of the molecule is Cn1ccc(C2CCN(c3nc(-c4ccccc4)nc4c3CCC4)CC2)cc1=O. The van der Waals surface area contributed by atoms with Gasteiger partial charge in [0.25, 0.3) is 5.56 Å². The molecule has 0 unspecified atom stereocenters. The fourth-order valence-corrected chi connectivity index (χ4v) is 4.63. The third kappa shape index (κ3) is 3.46. The van der Waals surface area contributed by atoms with Crippen LogP contribution in [0.25, 0.3) is 11.4 Å². The molecule has 1 aliphatic heterocycles. The molecule has 29 heavy (non-hydrogen) atoms. The van der Waals surface area contributed by atoms with Crippen molar-refractivity contribution in [2.24, 2.45) is 7.05 Å². The van der Waals surface area contributed by atoms with E-state index in [9.17, 15) is 4.79 Å². The van der Waals surface area contributed by atoms with E-state index in [0.717, 1.165) is 56.0 Å². The van der Waals surface area contributed by atoms with E-state index >= 15 is 0 Å². The molecule has 1 fully saturated rings. The van der Waals surface area contributed by atoms with Gasteiger partial charge in [-0.1, -0.05) is 30.3 Å². The van der Waals surface area contributed by atoms with Gasteiger partial charge in [-0.05, 0) is 49.7 Å². The number of hydrogen-bond donors (Lipinski definition) is 0. The zero-order chi connectivity index (χ0) is 19.8. The second-order valence-corrected chi connectivity index (χ2v) is 8.19. The fraction of sp³-hybridized carbons (Fsp3) is 0.375. The molecule has 0 spiro atoms. The summed E-state index contributed by atoms with van der Waals surface area (Å²) in [6, 6.07) is 14.2. The Bertz CT molecular complexity index is 1080. The van der Waals surface area contributed by atoms with Crippen molar-refractivity contribution in [1.82, 2.24) is 14.5 Å². The summed E-state index contributed by atoms with van der Waals surface area (Å²) in [7, 11) is 1.80. The van der Waals surface area contributed by atoms with Crippen LogP contribution >= 0.6 is 0 Å². The standard InChI is InChI=1S/C24H26N4O/c1-27-13-10-19(16-22(27)29)17-11-14-28(15-12-17)24-20-8-5-9-21(20)25-23(26-24)18-6-3-2-4-7-18/h2-4,6-7,10,13,16-17H,5,8-9,11-12,14-15H2,1H3. The van der Waals surface area contributed by atoms with Crippen molar-refractivity contribution in [2.75, 3.05) is 18.0 Å². The minimum absolute atomic E-state index is 0.0750. The van der Waals surface area contributed by atoms with E-state index in [1.54, 1.807) is 17.7 Å². The molecule has 5 rings (SSSR count). The number of benzene rings is 1. The van der Waals surface area contributed by atoms with Gasteiger partial charge in [0.05, 0.1) is 0 Å². The van der Waals surface area contributed by atoms with Crippen molar-refractivity contribution in [3.8, 4) is 11.4 Å². The molecule has 0 saturated carbocycles. The lowest BCUT2D eigenvalue weighted by Gasteiger charge is -2.34. The van der Waals surface area contributed by atoms with Gasteiger partial charge >= 0.3 is 0 Å². The van der Waals surface area contributed by atoms with Crippen molar-refractivity contribution in [1.29, 1.82) is 0 Å². The van der Waals surface area contributed by atoms with Gasteiger partial charge in [0, 0.05) is 49.2 Å². The van der Waals surface area contributed by atoms with Gasteiger partial charge in [0.2, 0.25) is 0 Å². The average Bonchev–Trinajstić information content (AvgIpc) is 3.24. The van der Waals surface area contributed by atoms with Crippen LogP contribution in [-0.4, -0.2) is 27.6 Å². The number of fused-ring (bicyclic) bond motifs is 1. The van der Waals surface area contributed by atoms with Crippen molar-refractivity contribution in [3.63, 3.8) is 0 Å². The molecule has 2 aliphatic rings. The van der Waals surface area contributed by atoms with Crippen LogP contribution in [0, 0.1) is 0 Å². The summed E-state index contributed by atoms with van der Waals surface area (Å²) in [5.41, 5.74) is 4.90. The van der Waals surface area contributed by atoms with Crippen LogP contribution in [0.4, 0.5) is 5.82 Å². The van der Waals surface area contributed by atoms with Crippen molar-refractivity contribution >= 4 is 5.82 Å². The molecule has 0 radical (unpaired) electrons. The van der Waals surface area contributed by atoms with Gasteiger partial charge in [-0.25, -0.2) is 9.97 Å². The lowest BCUT2D eigenvalue weighted by molar-refractivity contribution is 0.500. The number of nitrogens with zero attached hydrogens (tertiary/aromatic N) is 4. The van der Waals surface area contributed by atoms with E-state index in [-0.39, 0.29) is 5.56 Å². The topological polar surface area (TPSA) is 51.0 Å². The first kappa shape index (κ1) is 18.1. The summed E-state index contributed by atoms with van der Waals surface area (Å²) in [5.74, 6) is 2.42. The summed E-state index contributed by atoms with van der Waals surface area (Å²) in [4.78, 5) is 24.4. The number of pyridine rings is 1. The summed E-state index contributed by atoms with van der Waals surface area (Å²) in [6.07, 6.45) is 7.27. The van der Waals surface area contributed by atoms with E-state index < -0.39 is 0 Å². The first-order valence-electron chi connectivity index (χ1n) is 10.6. The van der Waals surface area contributed by atoms with E-state index in [4.69, 9.17) is 9.97 Å². The van der Waals surface area contributed by atoms with E-state index in [0.29, 0.717) is 5.92 Å². The largest absolute Gasteiger partial charge is 0.356 e. The van der Waals surface area contributed by atoms with Gasteiger partial charge in [-0.3, -0.25) is 4.79 Å². The van der Waals surface area contributed by atoms with Gasteiger partial charge < -0.3 is 9.47 Å². The number of rotatable bonds is 3. The van der Waals surface area contributed by atoms with Crippen LogP contribution in [-0.2, 0) is 19.9 Å². The molecule has 0 N–H and O–H groups in total. The van der Waals surface area contributed by atoms with E-state index in [1.807, 2.05) is 24.4 Å². The predicted molar refractivity (Wildman–Crippen MR) is 115 cm³/mol. The monoisotopic (exact) mass is 386 g/mol. The molecule has 3 aromatic rings. The highest BCUT2D eigenvalue weighted by Crippen LogP contribution is 2.35. The van der Waals surface area contributed by atoms with Crippen LogP contribution < -0.4 is 10.5 Å². The maximum absolute atomic E-state index is 12.0. The number of aromatic nitrogens is 3. The Labute approximate surface area is 171 Å². The van der Waals surface area contributed by atoms with Gasteiger partial charge in [-0.15, -0.1) is 0 Å². The molecule has 3 heterocycles. The molecule has 0 bridgehead atoms. The zero-order valence-electron chi connectivity index (χ0n) is 16.8. The fourth-order valence-electron chi connectivity index (χ4n) is 4.63. The van der Waals surface area contributed by atoms with Crippen LogP contribution in [0.1, 0.15) is 42.0 Å². The Kier molecular flexibility index (Phi) is 4.66. The quantitative estimate of drug-likeness (QED) is 0.688. The first-order valence-corrected chi connectivity index (χ1v) is 10.6. The minimum Gasteiger partial charge on any atom is -0.356 e. The maximum atomic E-state index is 12.0. The molecule has 0 atom stereocenters. The van der Waals surface area contributed by atoms with Gasteiger partial charge in [0.1, 0.15) is 5.82 Å². The third-order valence-corrected chi connectivity index (χ3v) is 6.34. The summed E-state index contributed by atoms with van der Waals surface area (Å²) in [5, 5.41) is 0. The first-order chi connectivity index (χ1) is 14.2. The normalized spacial score (nSPS) is 16.8. The highest BCUT2D eigenvalue weighted by molar-refractivity contribution is 5.61. The molecule has 1 saturated heterocycles. The van der Waals surface area contributed by atoms with Gasteiger partial charge in [0.15, 0.2) is 5.82 Å². The summed E-state index contributed by atoms with van der Waals surface area (Å²) < 4.78 is 1.63. The highest BCUT2D eigenvalue weighted by atomic mass is 16.1. The Morgan fingerprint density at radius 2 is 1.79 bits per heavy atom. The Hall–Kier alpha value is -2.95. The molecule has 1 aromatic carbocycles. The van der Waals surface area contributed by atoms with Crippen molar-refractivity contribution < 1.29 is 0 Å². The minimum atomic E-state index is 0.0750. The second-order valence-electron chi connectivity index (χ2n) is 8.19. The van der Waals surface area contributed by atoms with Gasteiger partial charge in [-0.2, -0.15) is 0 Å². The zero-order valence-corrected chi connectivity index (χ0v) is 16.8. The molecular weight excluding hydrogens is 360 g/mol. The molecule has 5 nitrogen and oxygen atoms in total. The smallest absolute Gasteiger partial charge is 0.250 e. The second kappa shape index (κ2) is 7.47. The molecular formula is C24H26N4O. The molecule has 148 valence electrons. The Morgan fingerprint density at radius 3 is 2.55 bits per heavy atom. The molecule has 1 aliphatic carbocycles. The summed E-state index contributed by atoms with van der Waals surface area (Å²) >= 11 is 0. The number of aryl methyl sites for hydroxylation is 2. The van der Waals surface area contributed by atoms with Crippen molar-refractivity contribution in [3.05, 3.63) is 75.8 Å². The predicted octanol–water partition coefficient (Wildman–Crippen LogP) is 3.72. The van der Waals surface area contributed by atoms with Crippen LogP contribution in [0.15, 0.2) is 53.5 Å². The molecule has 2 aromatic heterocycles. The molecule has 5 heteroatoms. The van der Waals surface area contributed by atoms with Crippen LogP contribution in [0.2, 0.25) is 0 Å². The van der Waals surface area contributed by atoms with Crippen molar-refractivity contribution in [2.45, 2.75) is 38.0 Å². The number of anilines is 1. The number of piperidine rings is 1. The highest BCUT2D eigenvalue weighted by Gasteiger charge is 2.27. The third-order valence-electron chi connectivity index (χ3n) is 6.34. The lowest BCUT2D eigenvalue weighted by Crippen LogP contribution is -2.34. The Morgan fingerprint density at radius 1 is 1.00 bits per heavy atom. The number of hydrogen-bond acceptors (Lipinski definition) is 4. The van der Waals surface area contributed by atoms with Crippen LogP contribution in [0.5, 0.6) is 0 Å². The maximum Gasteiger partial charge on any atom is 0.250 e. The Balaban J connectivity index is 1.41. The summed E-state index contributed by atoms with van der Waals surface area (Å²) in [6.45, 7) is 1.94.